The third kappa shape index (κ3) is 8.32. The van der Waals surface area contributed by atoms with E-state index in [0.29, 0.717) is 12.8 Å². The standard InChI is InChI=1S/C10H18O7/c1-5-7(3)13-9(11)15-17-10(12)16-14-8(4)6-2/h7-8H,5-6H2,1-4H3. The molecule has 0 aromatic heterocycles. The van der Waals surface area contributed by atoms with E-state index in [-0.39, 0.29) is 12.2 Å². The van der Waals surface area contributed by atoms with Crippen molar-refractivity contribution in [3.63, 3.8) is 0 Å². The van der Waals surface area contributed by atoms with Crippen LogP contribution in [0.5, 0.6) is 0 Å². The molecule has 7 heteroatoms. The molecule has 2 unspecified atom stereocenters. The molecular formula is C10H18O7. The zero-order valence-electron chi connectivity index (χ0n) is 10.4. The van der Waals surface area contributed by atoms with Crippen molar-refractivity contribution in [1.82, 2.24) is 0 Å². The molecule has 0 aromatic carbocycles. The van der Waals surface area contributed by atoms with Gasteiger partial charge in [0, 0.05) is 0 Å². The van der Waals surface area contributed by atoms with Crippen LogP contribution >= 0.6 is 0 Å². The minimum absolute atomic E-state index is 0.269. The molecule has 0 aliphatic carbocycles. The van der Waals surface area contributed by atoms with Gasteiger partial charge < -0.3 is 4.74 Å². The molecule has 0 saturated carbocycles. The van der Waals surface area contributed by atoms with Crippen molar-refractivity contribution < 1.29 is 33.9 Å². The molecule has 0 radical (unpaired) electrons. The second kappa shape index (κ2) is 8.63. The highest BCUT2D eigenvalue weighted by molar-refractivity contribution is 5.63. The Morgan fingerprint density at radius 1 is 0.882 bits per heavy atom. The smallest absolute Gasteiger partial charge is 0.429 e. The molecule has 0 saturated heterocycles. The van der Waals surface area contributed by atoms with Gasteiger partial charge in [0.1, 0.15) is 12.2 Å². The Balaban J connectivity index is 3.66. The molecule has 0 fully saturated rings. The minimum Gasteiger partial charge on any atom is -0.429 e. The molecule has 0 rings (SSSR count). The lowest BCUT2D eigenvalue weighted by molar-refractivity contribution is -0.319. The van der Waals surface area contributed by atoms with Crippen molar-refractivity contribution in [3.05, 3.63) is 0 Å². The average Bonchev–Trinajstić information content (AvgIpc) is 2.32. The lowest BCUT2D eigenvalue weighted by atomic mass is 10.3. The monoisotopic (exact) mass is 250 g/mol. The second-order valence-corrected chi connectivity index (χ2v) is 3.40. The van der Waals surface area contributed by atoms with Crippen LogP contribution in [0.4, 0.5) is 9.59 Å². The lowest BCUT2D eigenvalue weighted by Gasteiger charge is -2.09. The molecule has 0 aliphatic rings. The first-order valence-corrected chi connectivity index (χ1v) is 5.41. The number of hydrogen-bond donors (Lipinski definition) is 0. The fraction of sp³-hybridized carbons (Fsp3) is 0.800. The van der Waals surface area contributed by atoms with Gasteiger partial charge in [-0.15, -0.1) is 0 Å². The topological polar surface area (TPSA) is 80.3 Å². The summed E-state index contributed by atoms with van der Waals surface area (Å²) in [5.41, 5.74) is 0. The first kappa shape index (κ1) is 15.5. The van der Waals surface area contributed by atoms with Crippen molar-refractivity contribution in [1.29, 1.82) is 0 Å². The Morgan fingerprint density at radius 3 is 1.94 bits per heavy atom. The summed E-state index contributed by atoms with van der Waals surface area (Å²) >= 11 is 0. The molecule has 0 aromatic rings. The third-order valence-electron chi connectivity index (χ3n) is 1.91. The Hall–Kier alpha value is -1.50. The molecular weight excluding hydrogens is 232 g/mol. The molecule has 17 heavy (non-hydrogen) atoms. The minimum atomic E-state index is -1.27. The number of rotatable bonds is 5. The van der Waals surface area contributed by atoms with Gasteiger partial charge in [-0.2, -0.15) is 24.3 Å². The van der Waals surface area contributed by atoms with Crippen molar-refractivity contribution in [2.24, 2.45) is 0 Å². The first-order valence-electron chi connectivity index (χ1n) is 5.41. The van der Waals surface area contributed by atoms with Crippen molar-refractivity contribution in [3.8, 4) is 0 Å². The van der Waals surface area contributed by atoms with Gasteiger partial charge >= 0.3 is 12.3 Å². The van der Waals surface area contributed by atoms with E-state index in [4.69, 9.17) is 0 Å². The Labute approximate surface area is 99.8 Å². The SMILES string of the molecule is CCC(C)OOC(=O)OOC(=O)OC(C)CC. The van der Waals surface area contributed by atoms with E-state index in [1.165, 1.54) is 0 Å². The quantitative estimate of drug-likeness (QED) is 0.421. The van der Waals surface area contributed by atoms with Crippen LogP contribution in [0.2, 0.25) is 0 Å². The van der Waals surface area contributed by atoms with E-state index in [9.17, 15) is 9.59 Å². The molecule has 0 heterocycles. The normalized spacial score (nSPS) is 13.4. The first-order chi connectivity index (χ1) is 7.99. The van der Waals surface area contributed by atoms with Gasteiger partial charge in [0.25, 0.3) is 0 Å². The summed E-state index contributed by atoms with van der Waals surface area (Å²) in [6.45, 7) is 7.04. The molecule has 7 nitrogen and oxygen atoms in total. The summed E-state index contributed by atoms with van der Waals surface area (Å²) in [4.78, 5) is 38.5. The third-order valence-corrected chi connectivity index (χ3v) is 1.91. The van der Waals surface area contributed by atoms with Crippen LogP contribution in [0.15, 0.2) is 0 Å². The fourth-order valence-corrected chi connectivity index (χ4v) is 0.539. The Morgan fingerprint density at radius 2 is 1.41 bits per heavy atom. The summed E-state index contributed by atoms with van der Waals surface area (Å²) in [7, 11) is 0. The van der Waals surface area contributed by atoms with E-state index in [0.717, 1.165) is 0 Å². The van der Waals surface area contributed by atoms with Gasteiger partial charge in [0.05, 0.1) is 0 Å². The summed E-state index contributed by atoms with van der Waals surface area (Å²) in [5.74, 6) is 0. The average molecular weight is 250 g/mol. The van der Waals surface area contributed by atoms with E-state index in [1.54, 1.807) is 13.8 Å². The number of carbonyl (C=O) groups excluding carboxylic acids is 2. The lowest BCUT2D eigenvalue weighted by Crippen LogP contribution is -2.19. The molecule has 100 valence electrons. The second-order valence-electron chi connectivity index (χ2n) is 3.40. The van der Waals surface area contributed by atoms with Crippen molar-refractivity contribution in [2.75, 3.05) is 0 Å². The van der Waals surface area contributed by atoms with Gasteiger partial charge in [-0.25, -0.2) is 0 Å². The fourth-order valence-electron chi connectivity index (χ4n) is 0.539. The zero-order valence-corrected chi connectivity index (χ0v) is 10.4. The van der Waals surface area contributed by atoms with E-state index in [2.05, 4.69) is 24.3 Å². The predicted octanol–water partition coefficient (Wildman–Crippen LogP) is 2.74. The molecule has 0 N–H and O–H groups in total. The van der Waals surface area contributed by atoms with Crippen LogP contribution in [0.25, 0.3) is 0 Å². The summed E-state index contributed by atoms with van der Waals surface area (Å²) < 4.78 is 4.66. The van der Waals surface area contributed by atoms with Crippen LogP contribution in [-0.2, 0) is 24.3 Å². The maximum Gasteiger partial charge on any atom is 0.582 e. The maximum absolute atomic E-state index is 10.9. The van der Waals surface area contributed by atoms with Crippen LogP contribution in [0.1, 0.15) is 40.5 Å². The number of carbonyl (C=O) groups is 2. The number of hydrogen-bond acceptors (Lipinski definition) is 7. The highest BCUT2D eigenvalue weighted by atomic mass is 17.3. The Bertz CT molecular complexity index is 241. The van der Waals surface area contributed by atoms with Gasteiger partial charge in [-0.1, -0.05) is 13.8 Å². The zero-order chi connectivity index (χ0) is 13.3. The molecule has 0 spiro atoms. The van der Waals surface area contributed by atoms with Gasteiger partial charge in [0.2, 0.25) is 0 Å². The van der Waals surface area contributed by atoms with Crippen LogP contribution in [-0.4, -0.2) is 24.5 Å². The molecule has 0 bridgehead atoms. The van der Waals surface area contributed by atoms with Gasteiger partial charge in [-0.3, -0.25) is 4.89 Å². The summed E-state index contributed by atoms with van der Waals surface area (Å²) in [6, 6.07) is 0. The Kier molecular flexibility index (Phi) is 7.87. The van der Waals surface area contributed by atoms with Crippen LogP contribution in [0, 0.1) is 0 Å². The number of ether oxygens (including phenoxy) is 1. The van der Waals surface area contributed by atoms with Crippen LogP contribution < -0.4 is 0 Å². The molecule has 0 amide bonds. The van der Waals surface area contributed by atoms with E-state index in [1.807, 2.05) is 13.8 Å². The maximum atomic E-state index is 10.9. The van der Waals surface area contributed by atoms with Gasteiger partial charge in [0.15, 0.2) is 0 Å². The largest absolute Gasteiger partial charge is 0.582 e. The van der Waals surface area contributed by atoms with Gasteiger partial charge in [-0.05, 0) is 26.7 Å². The molecule has 2 atom stereocenters. The predicted molar refractivity (Wildman–Crippen MR) is 55.7 cm³/mol. The molecule has 0 aliphatic heterocycles. The van der Waals surface area contributed by atoms with Crippen LogP contribution in [0.3, 0.4) is 0 Å². The summed E-state index contributed by atoms with van der Waals surface area (Å²) in [6.07, 6.45) is -1.69. The summed E-state index contributed by atoms with van der Waals surface area (Å²) in [5, 5.41) is 0. The van der Waals surface area contributed by atoms with Crippen molar-refractivity contribution >= 4 is 12.3 Å². The highest BCUT2D eigenvalue weighted by Crippen LogP contribution is 2.01. The van der Waals surface area contributed by atoms with E-state index < -0.39 is 12.3 Å². The van der Waals surface area contributed by atoms with Crippen molar-refractivity contribution in [2.45, 2.75) is 52.7 Å². The highest BCUT2D eigenvalue weighted by Gasteiger charge is 2.16. The van der Waals surface area contributed by atoms with E-state index >= 15 is 0 Å².